The molecule has 1 N–H and O–H groups in total. The SMILES string of the molecule is CC(=O)c1ccc2c(c1)c(CC(NCCCCc1ccncc1)C(=O)OC(C)(C)C)c(-c1cc(C)cc(C)c1)n2C(=O)OC(C)(C)C. The number of pyridine rings is 1. The summed E-state index contributed by atoms with van der Waals surface area (Å²) in [5, 5.41) is 4.19. The van der Waals surface area contributed by atoms with Crippen molar-refractivity contribution in [3.63, 3.8) is 0 Å². The minimum absolute atomic E-state index is 0.0909. The number of nitrogens with one attached hydrogen (secondary N) is 1. The highest BCUT2D eigenvalue weighted by molar-refractivity contribution is 6.04. The van der Waals surface area contributed by atoms with E-state index in [1.807, 2.05) is 85.7 Å². The number of hydrogen-bond donors (Lipinski definition) is 1. The topological polar surface area (TPSA) is 99.5 Å². The number of fused-ring (bicyclic) bond motifs is 1. The fraction of sp³-hybridized carbons (Fsp3) is 0.436. The minimum Gasteiger partial charge on any atom is -0.459 e. The highest BCUT2D eigenvalue weighted by Crippen LogP contribution is 2.37. The predicted octanol–water partition coefficient (Wildman–Crippen LogP) is 8.17. The zero-order chi connectivity index (χ0) is 34.5. The van der Waals surface area contributed by atoms with Gasteiger partial charge in [0.15, 0.2) is 5.78 Å². The van der Waals surface area contributed by atoms with Crippen LogP contribution in [0, 0.1) is 13.8 Å². The van der Waals surface area contributed by atoms with E-state index in [0.717, 1.165) is 41.5 Å². The molecule has 0 aliphatic rings. The van der Waals surface area contributed by atoms with Gasteiger partial charge in [-0.15, -0.1) is 0 Å². The van der Waals surface area contributed by atoms with Crippen LogP contribution in [0.25, 0.3) is 22.2 Å². The molecule has 2 heterocycles. The van der Waals surface area contributed by atoms with Gasteiger partial charge in [0, 0.05) is 29.8 Å². The van der Waals surface area contributed by atoms with Crippen LogP contribution in [0.1, 0.15) is 93.9 Å². The van der Waals surface area contributed by atoms with Crippen LogP contribution < -0.4 is 5.32 Å². The molecular formula is C39H49N3O5. The molecule has 2 aromatic heterocycles. The number of ketones is 1. The Morgan fingerprint density at radius 1 is 0.851 bits per heavy atom. The molecule has 8 nitrogen and oxygen atoms in total. The van der Waals surface area contributed by atoms with Crippen molar-refractivity contribution in [2.24, 2.45) is 0 Å². The lowest BCUT2D eigenvalue weighted by molar-refractivity contribution is -0.157. The molecule has 0 spiro atoms. The van der Waals surface area contributed by atoms with E-state index < -0.39 is 23.3 Å². The summed E-state index contributed by atoms with van der Waals surface area (Å²) >= 11 is 0. The Balaban J connectivity index is 1.84. The van der Waals surface area contributed by atoms with Crippen LogP contribution in [0.5, 0.6) is 0 Å². The maximum Gasteiger partial charge on any atom is 0.419 e. The smallest absolute Gasteiger partial charge is 0.419 e. The summed E-state index contributed by atoms with van der Waals surface area (Å²) < 4.78 is 13.4. The first kappa shape index (κ1) is 35.6. The number of hydrogen-bond acceptors (Lipinski definition) is 7. The van der Waals surface area contributed by atoms with Crippen molar-refractivity contribution in [2.75, 3.05) is 6.54 Å². The lowest BCUT2D eigenvalue weighted by Crippen LogP contribution is -2.43. The van der Waals surface area contributed by atoms with Gasteiger partial charge in [0.2, 0.25) is 0 Å². The van der Waals surface area contributed by atoms with Crippen LogP contribution in [0.3, 0.4) is 0 Å². The number of carbonyl (C=O) groups is 3. The van der Waals surface area contributed by atoms with Gasteiger partial charge in [0.25, 0.3) is 0 Å². The molecule has 4 rings (SSSR count). The molecule has 0 radical (unpaired) electrons. The third-order valence-electron chi connectivity index (χ3n) is 7.68. The fourth-order valence-corrected chi connectivity index (χ4v) is 5.79. The third kappa shape index (κ3) is 9.61. The standard InChI is InChI=1S/C39H49N3O5/c1-25-20-26(2)22-30(21-25)35-32(31-23-29(27(3)43)13-14-34(31)42(35)37(45)47-39(7,8)9)24-33(36(44)46-38(4,5)6)41-17-11-10-12-28-15-18-40-19-16-28/h13-16,18-23,33,41H,10-12,17,24H2,1-9H3. The van der Waals surface area contributed by atoms with Gasteiger partial charge in [-0.05, 0) is 147 Å². The van der Waals surface area contributed by atoms with E-state index >= 15 is 0 Å². The largest absolute Gasteiger partial charge is 0.459 e. The second kappa shape index (κ2) is 14.6. The molecule has 2 aromatic carbocycles. The maximum atomic E-state index is 14.0. The molecule has 8 heteroatoms. The monoisotopic (exact) mass is 639 g/mol. The molecule has 0 saturated carbocycles. The summed E-state index contributed by atoms with van der Waals surface area (Å²) in [5.74, 6) is -0.467. The van der Waals surface area contributed by atoms with Crippen molar-refractivity contribution >= 4 is 28.7 Å². The Morgan fingerprint density at radius 2 is 1.49 bits per heavy atom. The van der Waals surface area contributed by atoms with E-state index in [1.165, 1.54) is 12.5 Å². The zero-order valence-electron chi connectivity index (χ0n) is 29.3. The number of ether oxygens (including phenoxy) is 2. The molecule has 0 aliphatic carbocycles. The first-order valence-corrected chi connectivity index (χ1v) is 16.4. The van der Waals surface area contributed by atoms with Crippen molar-refractivity contribution in [3.05, 3.63) is 88.7 Å². The normalized spacial score (nSPS) is 12.6. The average Bonchev–Trinajstić information content (AvgIpc) is 3.28. The highest BCUT2D eigenvalue weighted by Gasteiger charge is 2.32. The van der Waals surface area contributed by atoms with Gasteiger partial charge in [-0.1, -0.05) is 17.2 Å². The van der Waals surface area contributed by atoms with E-state index in [1.54, 1.807) is 29.1 Å². The molecular weight excluding hydrogens is 590 g/mol. The van der Waals surface area contributed by atoms with Crippen LogP contribution in [0.2, 0.25) is 0 Å². The Labute approximate surface area is 278 Å². The van der Waals surface area contributed by atoms with E-state index in [0.29, 0.717) is 28.7 Å². The quantitative estimate of drug-likeness (QED) is 0.100. The molecule has 0 bridgehead atoms. The Hall–Kier alpha value is -4.30. The summed E-state index contributed by atoms with van der Waals surface area (Å²) in [6, 6.07) is 14.8. The van der Waals surface area contributed by atoms with Gasteiger partial charge in [0.1, 0.15) is 17.2 Å². The number of unbranched alkanes of at least 4 members (excludes halogenated alkanes) is 1. The molecule has 250 valence electrons. The van der Waals surface area contributed by atoms with Crippen LogP contribution >= 0.6 is 0 Å². The molecule has 0 amide bonds. The van der Waals surface area contributed by atoms with Crippen molar-refractivity contribution in [1.82, 2.24) is 14.9 Å². The highest BCUT2D eigenvalue weighted by atomic mass is 16.6. The van der Waals surface area contributed by atoms with Crippen molar-refractivity contribution in [2.45, 2.75) is 105 Å². The van der Waals surface area contributed by atoms with Crippen LogP contribution in [0.15, 0.2) is 60.9 Å². The van der Waals surface area contributed by atoms with Crippen molar-refractivity contribution < 1.29 is 23.9 Å². The summed E-state index contributed by atoms with van der Waals surface area (Å²) in [5.41, 5.74) is 5.19. The lowest BCUT2D eigenvalue weighted by Gasteiger charge is -2.25. The summed E-state index contributed by atoms with van der Waals surface area (Å²) in [6.07, 6.45) is 5.99. The van der Waals surface area contributed by atoms with E-state index in [-0.39, 0.29) is 18.2 Å². The predicted molar refractivity (Wildman–Crippen MR) is 187 cm³/mol. The Bertz CT molecular complexity index is 1720. The molecule has 0 fully saturated rings. The summed E-state index contributed by atoms with van der Waals surface area (Å²) in [7, 11) is 0. The molecule has 4 aromatic rings. The van der Waals surface area contributed by atoms with Crippen LogP contribution in [0.4, 0.5) is 4.79 Å². The number of aromatic nitrogens is 2. The number of rotatable bonds is 11. The van der Waals surface area contributed by atoms with Gasteiger partial charge < -0.3 is 14.8 Å². The number of Topliss-reactive ketones (excluding diaryl/α,β-unsaturated/α-hetero) is 1. The minimum atomic E-state index is -0.746. The number of esters is 1. The third-order valence-corrected chi connectivity index (χ3v) is 7.68. The summed E-state index contributed by atoms with van der Waals surface area (Å²) in [6.45, 7) is 17.2. The second-order valence-corrected chi connectivity index (χ2v) is 14.4. The Kier molecular flexibility index (Phi) is 11.1. The Morgan fingerprint density at radius 3 is 2.09 bits per heavy atom. The molecule has 1 atom stereocenters. The average molecular weight is 640 g/mol. The van der Waals surface area contributed by atoms with Gasteiger partial charge >= 0.3 is 12.1 Å². The summed E-state index contributed by atoms with van der Waals surface area (Å²) in [4.78, 5) is 44.5. The second-order valence-electron chi connectivity index (χ2n) is 14.4. The number of benzene rings is 2. The first-order valence-electron chi connectivity index (χ1n) is 16.4. The van der Waals surface area contributed by atoms with Gasteiger partial charge in [-0.25, -0.2) is 9.36 Å². The maximum absolute atomic E-state index is 14.0. The van der Waals surface area contributed by atoms with E-state index in [4.69, 9.17) is 9.47 Å². The van der Waals surface area contributed by atoms with Crippen molar-refractivity contribution in [1.29, 1.82) is 0 Å². The molecule has 47 heavy (non-hydrogen) atoms. The van der Waals surface area contributed by atoms with Gasteiger partial charge in [0.05, 0.1) is 11.2 Å². The molecule has 0 aliphatic heterocycles. The van der Waals surface area contributed by atoms with Crippen LogP contribution in [-0.4, -0.2) is 51.2 Å². The molecule has 0 saturated heterocycles. The number of carbonyl (C=O) groups excluding carboxylic acids is 3. The van der Waals surface area contributed by atoms with E-state index in [2.05, 4.69) is 16.4 Å². The first-order chi connectivity index (χ1) is 22.0. The zero-order valence-corrected chi connectivity index (χ0v) is 29.3. The van der Waals surface area contributed by atoms with Gasteiger partial charge in [-0.3, -0.25) is 14.6 Å². The van der Waals surface area contributed by atoms with Crippen LogP contribution in [-0.2, 0) is 27.1 Å². The molecule has 1 unspecified atom stereocenters. The fourth-order valence-electron chi connectivity index (χ4n) is 5.79. The number of nitrogens with zero attached hydrogens (tertiary/aromatic N) is 2. The van der Waals surface area contributed by atoms with Crippen molar-refractivity contribution in [3.8, 4) is 11.3 Å². The number of aryl methyl sites for hydroxylation is 3. The van der Waals surface area contributed by atoms with Gasteiger partial charge in [-0.2, -0.15) is 0 Å². The lowest BCUT2D eigenvalue weighted by atomic mass is 9.95. The van der Waals surface area contributed by atoms with E-state index in [9.17, 15) is 14.4 Å².